The average molecular weight is 332 g/mol. The fraction of sp³-hybridized carbons (Fsp3) is 0.125. The number of carbonyl (C=O) groups excluding carboxylic acids is 1. The summed E-state index contributed by atoms with van der Waals surface area (Å²) in [5, 5.41) is 4.50. The van der Waals surface area contributed by atoms with Crippen LogP contribution in [0.15, 0.2) is 42.5 Å². The van der Waals surface area contributed by atoms with Crippen LogP contribution in [0.2, 0.25) is 10.0 Å². The fourth-order valence-corrected chi connectivity index (χ4v) is 3.17. The fourth-order valence-electron chi connectivity index (χ4n) is 2.79. The first-order valence-corrected chi connectivity index (χ1v) is 7.61. The number of anilines is 1. The van der Waals surface area contributed by atoms with Crippen LogP contribution in [0.5, 0.6) is 0 Å². The van der Waals surface area contributed by atoms with Crippen LogP contribution in [-0.2, 0) is 0 Å². The zero-order valence-electron chi connectivity index (χ0n) is 11.4. The molecule has 1 unspecified atom stereocenters. The standard InChI is InChI=1S/C16H11Cl2N3O/c17-10-6-4-9(5-7-10)13-8-14(22)21-15-11(18)2-1-3-12(15)19-16(21)20-13/h1-7,13H,8H2,(H,19,20). The van der Waals surface area contributed by atoms with E-state index in [1.807, 2.05) is 36.4 Å². The minimum Gasteiger partial charge on any atom is -0.348 e. The molecule has 0 saturated carbocycles. The van der Waals surface area contributed by atoms with Crippen LogP contribution < -0.4 is 5.32 Å². The van der Waals surface area contributed by atoms with Crippen molar-refractivity contribution in [2.75, 3.05) is 5.32 Å². The van der Waals surface area contributed by atoms with Gasteiger partial charge in [0, 0.05) is 5.02 Å². The van der Waals surface area contributed by atoms with Crippen molar-refractivity contribution in [1.29, 1.82) is 0 Å². The normalized spacial score (nSPS) is 17.4. The lowest BCUT2D eigenvalue weighted by Crippen LogP contribution is -2.28. The van der Waals surface area contributed by atoms with Gasteiger partial charge in [-0.15, -0.1) is 0 Å². The van der Waals surface area contributed by atoms with E-state index in [-0.39, 0.29) is 11.9 Å². The van der Waals surface area contributed by atoms with E-state index < -0.39 is 0 Å². The minimum atomic E-state index is -0.118. The third-order valence-corrected chi connectivity index (χ3v) is 4.39. The van der Waals surface area contributed by atoms with Gasteiger partial charge >= 0.3 is 0 Å². The van der Waals surface area contributed by atoms with Gasteiger partial charge in [-0.05, 0) is 29.8 Å². The van der Waals surface area contributed by atoms with Gasteiger partial charge in [-0.3, -0.25) is 4.79 Å². The summed E-state index contributed by atoms with van der Waals surface area (Å²) < 4.78 is 1.56. The molecule has 4 nitrogen and oxygen atoms in total. The molecule has 0 saturated heterocycles. The lowest BCUT2D eigenvalue weighted by molar-refractivity contribution is 0.0893. The monoisotopic (exact) mass is 331 g/mol. The lowest BCUT2D eigenvalue weighted by atomic mass is 10.0. The number of benzene rings is 2. The Morgan fingerprint density at radius 2 is 1.91 bits per heavy atom. The maximum absolute atomic E-state index is 12.6. The number of rotatable bonds is 1. The van der Waals surface area contributed by atoms with Crippen LogP contribution in [0.1, 0.15) is 22.8 Å². The Morgan fingerprint density at radius 3 is 2.68 bits per heavy atom. The number of nitrogens with one attached hydrogen (secondary N) is 1. The highest BCUT2D eigenvalue weighted by atomic mass is 35.5. The Balaban J connectivity index is 1.81. The Kier molecular flexibility index (Phi) is 3.10. The van der Waals surface area contributed by atoms with Crippen LogP contribution in [0.4, 0.5) is 5.95 Å². The number of carbonyl (C=O) groups is 1. The molecule has 0 bridgehead atoms. The number of imidazole rings is 1. The molecule has 0 radical (unpaired) electrons. The predicted octanol–water partition coefficient (Wildman–Crippen LogP) is 4.54. The molecule has 0 spiro atoms. The molecule has 0 aliphatic carbocycles. The summed E-state index contributed by atoms with van der Waals surface area (Å²) in [6.45, 7) is 0. The van der Waals surface area contributed by atoms with Crippen molar-refractivity contribution < 1.29 is 4.79 Å². The first-order chi connectivity index (χ1) is 10.6. The summed E-state index contributed by atoms with van der Waals surface area (Å²) in [6.07, 6.45) is 0.339. The van der Waals surface area contributed by atoms with Gasteiger partial charge < -0.3 is 5.32 Å². The lowest BCUT2D eigenvalue weighted by Gasteiger charge is -2.25. The maximum Gasteiger partial charge on any atom is 0.236 e. The van der Waals surface area contributed by atoms with Crippen LogP contribution in [0, 0.1) is 0 Å². The molecule has 6 heteroatoms. The second kappa shape index (κ2) is 5.00. The van der Waals surface area contributed by atoms with Gasteiger partial charge in [0.15, 0.2) is 0 Å². The molecular weight excluding hydrogens is 321 g/mol. The van der Waals surface area contributed by atoms with E-state index in [1.54, 1.807) is 10.6 Å². The number of nitrogens with zero attached hydrogens (tertiary/aromatic N) is 2. The van der Waals surface area contributed by atoms with E-state index in [9.17, 15) is 4.79 Å². The van der Waals surface area contributed by atoms with Crippen LogP contribution in [0.25, 0.3) is 11.0 Å². The summed E-state index contributed by atoms with van der Waals surface area (Å²) in [6, 6.07) is 12.8. The van der Waals surface area contributed by atoms with Gasteiger partial charge in [-0.25, -0.2) is 9.55 Å². The highest BCUT2D eigenvalue weighted by Gasteiger charge is 2.29. The Morgan fingerprint density at radius 1 is 1.14 bits per heavy atom. The molecule has 1 N–H and O–H groups in total. The second-order valence-corrected chi connectivity index (χ2v) is 6.07. The van der Waals surface area contributed by atoms with Gasteiger partial charge in [0.2, 0.25) is 11.9 Å². The molecule has 0 fully saturated rings. The maximum atomic E-state index is 12.6. The van der Waals surface area contributed by atoms with Gasteiger partial charge in [0.1, 0.15) is 0 Å². The average Bonchev–Trinajstić information content (AvgIpc) is 2.88. The van der Waals surface area contributed by atoms with Crippen molar-refractivity contribution in [3.63, 3.8) is 0 Å². The SMILES string of the molecule is O=C1CC(c2ccc(Cl)cc2)Nc2nc3cccc(Cl)c3n21. The molecule has 22 heavy (non-hydrogen) atoms. The number of fused-ring (bicyclic) bond motifs is 3. The summed E-state index contributed by atoms with van der Waals surface area (Å²) in [5.74, 6) is 0.503. The minimum absolute atomic E-state index is 0.0238. The molecule has 3 aromatic rings. The van der Waals surface area contributed by atoms with E-state index in [0.717, 1.165) is 5.56 Å². The number of hydrogen-bond donors (Lipinski definition) is 1. The van der Waals surface area contributed by atoms with Crippen LogP contribution >= 0.6 is 23.2 Å². The summed E-state index contributed by atoms with van der Waals surface area (Å²) in [7, 11) is 0. The highest BCUT2D eigenvalue weighted by Crippen LogP contribution is 2.34. The number of hydrogen-bond acceptors (Lipinski definition) is 3. The Hall–Kier alpha value is -2.04. The van der Waals surface area contributed by atoms with E-state index in [2.05, 4.69) is 10.3 Å². The molecule has 2 aromatic carbocycles. The highest BCUT2D eigenvalue weighted by molar-refractivity contribution is 6.35. The van der Waals surface area contributed by atoms with Crippen molar-refractivity contribution in [2.45, 2.75) is 12.5 Å². The molecule has 1 aliphatic rings. The molecule has 2 heterocycles. The second-order valence-electron chi connectivity index (χ2n) is 5.22. The Labute approximate surface area is 136 Å². The summed E-state index contributed by atoms with van der Waals surface area (Å²) in [4.78, 5) is 17.0. The summed E-state index contributed by atoms with van der Waals surface area (Å²) in [5.41, 5.74) is 2.37. The largest absolute Gasteiger partial charge is 0.348 e. The first kappa shape index (κ1) is 13.6. The third kappa shape index (κ3) is 2.07. The topological polar surface area (TPSA) is 46.9 Å². The molecular formula is C16H11Cl2N3O. The van der Waals surface area contributed by atoms with Gasteiger partial charge in [-0.2, -0.15) is 0 Å². The first-order valence-electron chi connectivity index (χ1n) is 6.85. The molecule has 1 aliphatic heterocycles. The zero-order valence-corrected chi connectivity index (χ0v) is 12.9. The predicted molar refractivity (Wildman–Crippen MR) is 87.8 cm³/mol. The number of halogens is 2. The number of aromatic nitrogens is 2. The third-order valence-electron chi connectivity index (χ3n) is 3.83. The molecule has 4 rings (SSSR count). The van der Waals surface area contributed by atoms with Crippen molar-refractivity contribution in [3.8, 4) is 0 Å². The molecule has 1 aromatic heterocycles. The van der Waals surface area contributed by atoms with Crippen LogP contribution in [0.3, 0.4) is 0 Å². The zero-order chi connectivity index (χ0) is 15.3. The van der Waals surface area contributed by atoms with Gasteiger partial charge in [0.25, 0.3) is 0 Å². The summed E-state index contributed by atoms with van der Waals surface area (Å²) >= 11 is 12.1. The van der Waals surface area contributed by atoms with E-state index in [0.29, 0.717) is 33.4 Å². The number of para-hydroxylation sites is 1. The molecule has 1 atom stereocenters. The van der Waals surface area contributed by atoms with Gasteiger partial charge in [0.05, 0.1) is 28.5 Å². The van der Waals surface area contributed by atoms with Crippen molar-refractivity contribution in [3.05, 3.63) is 58.1 Å². The Bertz CT molecular complexity index is 886. The van der Waals surface area contributed by atoms with E-state index >= 15 is 0 Å². The van der Waals surface area contributed by atoms with Crippen molar-refractivity contribution >= 4 is 46.1 Å². The quantitative estimate of drug-likeness (QED) is 0.712. The molecule has 110 valence electrons. The van der Waals surface area contributed by atoms with Gasteiger partial charge in [-0.1, -0.05) is 41.4 Å². The van der Waals surface area contributed by atoms with Crippen LogP contribution in [-0.4, -0.2) is 15.5 Å². The smallest absolute Gasteiger partial charge is 0.236 e. The van der Waals surface area contributed by atoms with E-state index in [4.69, 9.17) is 23.2 Å². The van der Waals surface area contributed by atoms with Crippen molar-refractivity contribution in [2.24, 2.45) is 0 Å². The van der Waals surface area contributed by atoms with Crippen molar-refractivity contribution in [1.82, 2.24) is 9.55 Å². The van der Waals surface area contributed by atoms with E-state index in [1.165, 1.54) is 0 Å². The molecule has 0 amide bonds.